The van der Waals surface area contributed by atoms with Gasteiger partial charge in [-0.05, 0) is 42.8 Å². The van der Waals surface area contributed by atoms with E-state index >= 15 is 0 Å². The number of hydrogen-bond acceptors (Lipinski definition) is 8. The number of piperazine rings is 1. The van der Waals surface area contributed by atoms with Crippen LogP contribution in [0.1, 0.15) is 32.8 Å². The first-order valence-corrected chi connectivity index (χ1v) is 12.6. The Labute approximate surface area is 213 Å². The van der Waals surface area contributed by atoms with Crippen molar-refractivity contribution in [1.29, 1.82) is 0 Å². The zero-order valence-corrected chi connectivity index (χ0v) is 20.6. The van der Waals surface area contributed by atoms with Crippen LogP contribution in [0.5, 0.6) is 0 Å². The molecule has 0 radical (unpaired) electrons. The lowest BCUT2D eigenvalue weighted by Gasteiger charge is -2.37. The summed E-state index contributed by atoms with van der Waals surface area (Å²) in [6, 6.07) is 11.6. The molecule has 6 rings (SSSR count). The molecule has 0 aliphatic carbocycles. The number of fused-ring (bicyclic) bond motifs is 3. The highest BCUT2D eigenvalue weighted by molar-refractivity contribution is 8.00. The fourth-order valence-corrected chi connectivity index (χ4v) is 6.23. The van der Waals surface area contributed by atoms with Crippen LogP contribution in [0, 0.1) is 12.7 Å². The minimum atomic E-state index is -1.26. The number of thioether (sulfide) groups is 1. The zero-order chi connectivity index (χ0) is 25.8. The molecule has 2 aliphatic rings. The SMILES string of the molecule is Cc1oc(=O)oc1CN1CCN(c2ccc3c(=O)c(C(=O)O)c4n(c3c2)C(c2ccc(F)cc2)S4)CC1. The number of carboxylic acids is 1. The van der Waals surface area contributed by atoms with Gasteiger partial charge in [0.15, 0.2) is 5.76 Å². The summed E-state index contributed by atoms with van der Waals surface area (Å²) in [4.78, 5) is 40.7. The highest BCUT2D eigenvalue weighted by atomic mass is 32.2. The quantitative estimate of drug-likeness (QED) is 0.419. The van der Waals surface area contributed by atoms with E-state index in [4.69, 9.17) is 8.83 Å². The van der Waals surface area contributed by atoms with Crippen LogP contribution in [0.15, 0.2) is 65.9 Å². The summed E-state index contributed by atoms with van der Waals surface area (Å²) in [6.45, 7) is 5.09. The number of nitrogens with zero attached hydrogens (tertiary/aromatic N) is 3. The molecule has 1 unspecified atom stereocenters. The number of aromatic nitrogens is 1. The summed E-state index contributed by atoms with van der Waals surface area (Å²) in [6.07, 6.45) is 0. The number of anilines is 1. The minimum Gasteiger partial charge on any atom is -0.477 e. The second-order valence-electron chi connectivity index (χ2n) is 9.10. The molecule has 1 N–H and O–H groups in total. The Morgan fingerprint density at radius 3 is 2.46 bits per heavy atom. The molecule has 1 fully saturated rings. The van der Waals surface area contributed by atoms with Gasteiger partial charge in [-0.15, -0.1) is 0 Å². The standard InChI is InChI=1S/C26H22FN3O6S/c1-14-20(36-26(34)35-14)13-28-8-10-29(11-9-28)17-6-7-18-19(12-17)30-23(15-2-4-16(27)5-3-15)37-24(30)21(22(18)31)25(32)33/h2-7,12,23H,8-11,13H2,1H3,(H,32,33). The molecule has 37 heavy (non-hydrogen) atoms. The van der Waals surface area contributed by atoms with Crippen molar-refractivity contribution in [2.45, 2.75) is 23.9 Å². The average Bonchev–Trinajstić information content (AvgIpc) is 3.17. The topological polar surface area (TPSA) is 109 Å². The van der Waals surface area contributed by atoms with Gasteiger partial charge < -0.3 is 23.4 Å². The second kappa shape index (κ2) is 8.93. The van der Waals surface area contributed by atoms with E-state index in [9.17, 15) is 23.9 Å². The smallest absolute Gasteiger partial charge is 0.477 e. The summed E-state index contributed by atoms with van der Waals surface area (Å²) in [5, 5.41) is 10.2. The van der Waals surface area contributed by atoms with Gasteiger partial charge in [0.25, 0.3) is 0 Å². The average molecular weight is 524 g/mol. The Hall–Kier alpha value is -3.83. The predicted molar refractivity (Wildman–Crippen MR) is 135 cm³/mol. The molecule has 4 heterocycles. The zero-order valence-electron chi connectivity index (χ0n) is 19.8. The van der Waals surface area contributed by atoms with Crippen LogP contribution in [0.4, 0.5) is 10.1 Å². The lowest BCUT2D eigenvalue weighted by atomic mass is 10.1. The van der Waals surface area contributed by atoms with Gasteiger partial charge in [0, 0.05) is 37.3 Å². The highest BCUT2D eigenvalue weighted by Gasteiger charge is 2.36. The van der Waals surface area contributed by atoms with Crippen LogP contribution in [0.25, 0.3) is 10.9 Å². The number of pyridine rings is 1. The molecule has 1 atom stereocenters. The van der Waals surface area contributed by atoms with Crippen LogP contribution in [-0.4, -0.2) is 46.7 Å². The van der Waals surface area contributed by atoms with Crippen molar-refractivity contribution in [3.8, 4) is 0 Å². The fraction of sp³-hybridized carbons (Fsp3) is 0.269. The van der Waals surface area contributed by atoms with E-state index in [-0.39, 0.29) is 16.8 Å². The molecule has 2 aromatic heterocycles. The molecule has 0 bridgehead atoms. The van der Waals surface area contributed by atoms with Crippen LogP contribution < -0.4 is 16.2 Å². The Kier molecular flexibility index (Phi) is 5.68. The van der Waals surface area contributed by atoms with Crippen molar-refractivity contribution < 1.29 is 23.1 Å². The van der Waals surface area contributed by atoms with Crippen molar-refractivity contribution in [2.75, 3.05) is 31.1 Å². The number of carboxylic acid groups (broad SMARTS) is 1. The van der Waals surface area contributed by atoms with E-state index in [0.717, 1.165) is 24.3 Å². The van der Waals surface area contributed by atoms with Crippen LogP contribution in [0.2, 0.25) is 0 Å². The molecule has 4 aromatic rings. The number of halogens is 1. The summed E-state index contributed by atoms with van der Waals surface area (Å²) >= 11 is 1.29. The predicted octanol–water partition coefficient (Wildman–Crippen LogP) is 3.67. The van der Waals surface area contributed by atoms with Crippen LogP contribution in [0.3, 0.4) is 0 Å². The largest absolute Gasteiger partial charge is 0.519 e. The summed E-state index contributed by atoms with van der Waals surface area (Å²) in [5.41, 5.74) is 1.64. The molecule has 1 saturated heterocycles. The van der Waals surface area contributed by atoms with Crippen molar-refractivity contribution in [2.24, 2.45) is 0 Å². The number of rotatable bonds is 5. The maximum atomic E-state index is 13.5. The molecule has 2 aromatic carbocycles. The van der Waals surface area contributed by atoms with E-state index in [1.54, 1.807) is 25.1 Å². The second-order valence-corrected chi connectivity index (χ2v) is 10.2. The molecule has 0 amide bonds. The molecular weight excluding hydrogens is 501 g/mol. The maximum Gasteiger partial charge on any atom is 0.519 e. The molecule has 0 saturated carbocycles. The molecular formula is C26H22FN3O6S. The summed E-state index contributed by atoms with van der Waals surface area (Å²) in [7, 11) is 0. The Morgan fingerprint density at radius 1 is 1.08 bits per heavy atom. The van der Waals surface area contributed by atoms with Gasteiger partial charge in [-0.25, -0.2) is 14.0 Å². The minimum absolute atomic E-state index is 0.238. The van der Waals surface area contributed by atoms with E-state index in [1.165, 1.54) is 23.9 Å². The van der Waals surface area contributed by atoms with Gasteiger partial charge >= 0.3 is 11.8 Å². The summed E-state index contributed by atoms with van der Waals surface area (Å²) in [5.74, 6) is -1.29. The molecule has 0 spiro atoms. The van der Waals surface area contributed by atoms with Crippen molar-refractivity contribution in [1.82, 2.24) is 9.47 Å². The van der Waals surface area contributed by atoms with Crippen molar-refractivity contribution in [3.63, 3.8) is 0 Å². The Morgan fingerprint density at radius 2 is 1.81 bits per heavy atom. The first-order valence-electron chi connectivity index (χ1n) is 11.7. The van der Waals surface area contributed by atoms with Crippen molar-refractivity contribution >= 4 is 34.3 Å². The monoisotopic (exact) mass is 523 g/mol. The van der Waals surface area contributed by atoms with Gasteiger partial charge in [-0.3, -0.25) is 9.69 Å². The third-order valence-corrected chi connectivity index (χ3v) is 8.24. The number of benzene rings is 2. The van der Waals surface area contributed by atoms with Crippen LogP contribution in [-0.2, 0) is 6.54 Å². The van der Waals surface area contributed by atoms with Gasteiger partial charge in [0.1, 0.15) is 22.5 Å². The van der Waals surface area contributed by atoms with Gasteiger partial charge in [0.2, 0.25) is 5.43 Å². The van der Waals surface area contributed by atoms with E-state index < -0.39 is 17.2 Å². The molecule has 2 aliphatic heterocycles. The van der Waals surface area contributed by atoms with E-state index in [2.05, 4.69) is 9.80 Å². The first kappa shape index (κ1) is 23.6. The van der Waals surface area contributed by atoms with E-state index in [0.29, 0.717) is 47.1 Å². The lowest BCUT2D eigenvalue weighted by Crippen LogP contribution is -2.46. The number of aryl methyl sites for hydroxylation is 1. The Bertz CT molecular complexity index is 1650. The fourth-order valence-electron chi connectivity index (χ4n) is 4.95. The lowest BCUT2D eigenvalue weighted by molar-refractivity contribution is 0.0689. The van der Waals surface area contributed by atoms with E-state index in [1.807, 2.05) is 16.7 Å². The molecule has 190 valence electrons. The number of carbonyl (C=O) groups is 1. The first-order chi connectivity index (χ1) is 17.8. The highest BCUT2D eigenvalue weighted by Crippen LogP contribution is 2.50. The van der Waals surface area contributed by atoms with Gasteiger partial charge in [0.05, 0.1) is 17.1 Å². The third kappa shape index (κ3) is 4.04. The number of hydrogen-bond donors (Lipinski definition) is 1. The third-order valence-electron chi connectivity index (χ3n) is 6.91. The molecule has 9 nitrogen and oxygen atoms in total. The normalized spacial score (nSPS) is 17.6. The van der Waals surface area contributed by atoms with Crippen molar-refractivity contribution in [3.05, 3.63) is 91.8 Å². The van der Waals surface area contributed by atoms with Crippen LogP contribution >= 0.6 is 11.8 Å². The Balaban J connectivity index is 1.32. The van der Waals surface area contributed by atoms with Gasteiger partial charge in [-0.1, -0.05) is 23.9 Å². The maximum absolute atomic E-state index is 13.5. The van der Waals surface area contributed by atoms with Gasteiger partial charge in [-0.2, -0.15) is 0 Å². The number of aromatic carboxylic acids is 1. The summed E-state index contributed by atoms with van der Waals surface area (Å²) < 4.78 is 25.4. The molecule has 11 heteroatoms.